The Labute approximate surface area is 206 Å². The van der Waals surface area contributed by atoms with Crippen LogP contribution in [-0.4, -0.2) is 42.3 Å². The fourth-order valence-electron chi connectivity index (χ4n) is 3.68. The molecule has 3 aromatic rings. The third kappa shape index (κ3) is 7.97. The first kappa shape index (κ1) is 26.0. The number of methoxy groups -OCH3 is 1. The molecule has 0 amide bonds. The lowest BCUT2D eigenvalue weighted by atomic mass is 10.0. The van der Waals surface area contributed by atoms with Crippen LogP contribution in [0.2, 0.25) is 0 Å². The van der Waals surface area contributed by atoms with E-state index in [-0.39, 0.29) is 18.0 Å². The monoisotopic (exact) mass is 476 g/mol. The zero-order chi connectivity index (χ0) is 25.2. The molecule has 3 rings (SSSR count). The van der Waals surface area contributed by atoms with Crippen molar-refractivity contribution in [1.29, 1.82) is 0 Å². The molecule has 3 atom stereocenters. The maximum atomic E-state index is 12.5. The molecule has 0 saturated carbocycles. The molecule has 0 aliphatic rings. The fraction of sp³-hybridized carbons (Fsp3) is 0.310. The number of ketones is 1. The number of hydrogen-bond acceptors (Lipinski definition) is 5. The Bertz CT molecular complexity index is 1080. The summed E-state index contributed by atoms with van der Waals surface area (Å²) in [6.45, 7) is 4.02. The topological polar surface area (TPSA) is 82.1 Å². The summed E-state index contributed by atoms with van der Waals surface area (Å²) in [5.74, 6) is 0.471. The van der Waals surface area contributed by atoms with E-state index < -0.39 is 12.1 Å². The van der Waals surface area contributed by atoms with Crippen molar-refractivity contribution in [2.24, 2.45) is 0 Å². The number of benzene rings is 3. The van der Waals surface area contributed by atoms with E-state index in [1.165, 1.54) is 7.11 Å². The second kappa shape index (κ2) is 12.7. The molecule has 0 aromatic heterocycles. The third-order valence-corrected chi connectivity index (χ3v) is 5.71. The van der Waals surface area contributed by atoms with Gasteiger partial charge in [0.1, 0.15) is 11.5 Å². The van der Waals surface area contributed by atoms with Crippen molar-refractivity contribution < 1.29 is 28.9 Å². The highest BCUT2D eigenvalue weighted by Gasteiger charge is 2.17. The van der Waals surface area contributed by atoms with E-state index >= 15 is 0 Å². The van der Waals surface area contributed by atoms with Gasteiger partial charge in [0.25, 0.3) is 0 Å². The average Bonchev–Trinajstić information content (AvgIpc) is 2.87. The van der Waals surface area contributed by atoms with Gasteiger partial charge in [-0.05, 0) is 68.7 Å². The predicted octanol–water partition coefficient (Wildman–Crippen LogP) is 5.57. The Morgan fingerprint density at radius 3 is 1.71 bits per heavy atom. The summed E-state index contributed by atoms with van der Waals surface area (Å²) in [5, 5.41) is 9.11. The lowest BCUT2D eigenvalue weighted by Crippen LogP contribution is -2.24. The molecular formula is C29H32O6. The van der Waals surface area contributed by atoms with Crippen molar-refractivity contribution in [3.63, 3.8) is 0 Å². The van der Waals surface area contributed by atoms with Crippen LogP contribution in [0.15, 0.2) is 78.9 Å². The Hall–Kier alpha value is -3.64. The van der Waals surface area contributed by atoms with Crippen LogP contribution >= 0.6 is 0 Å². The summed E-state index contributed by atoms with van der Waals surface area (Å²) >= 11 is 0. The lowest BCUT2D eigenvalue weighted by Gasteiger charge is -2.19. The second-order valence-electron chi connectivity index (χ2n) is 8.56. The normalized spacial score (nSPS) is 13.5. The van der Waals surface area contributed by atoms with Gasteiger partial charge in [-0.2, -0.15) is 0 Å². The van der Waals surface area contributed by atoms with Crippen LogP contribution in [0.3, 0.4) is 0 Å². The highest BCUT2D eigenvalue weighted by atomic mass is 16.5. The third-order valence-electron chi connectivity index (χ3n) is 5.71. The van der Waals surface area contributed by atoms with Crippen LogP contribution in [0.25, 0.3) is 0 Å². The first-order valence-electron chi connectivity index (χ1n) is 11.7. The smallest absolute Gasteiger partial charge is 0.333 e. The quantitative estimate of drug-likeness (QED) is 0.325. The Balaban J connectivity index is 1.43. The van der Waals surface area contributed by atoms with E-state index in [1.54, 1.807) is 12.1 Å². The van der Waals surface area contributed by atoms with Crippen LogP contribution in [0.1, 0.15) is 48.2 Å². The van der Waals surface area contributed by atoms with Crippen molar-refractivity contribution in [2.45, 2.75) is 51.4 Å². The Kier molecular flexibility index (Phi) is 9.44. The number of ether oxygens (including phenoxy) is 3. The molecule has 0 fully saturated rings. The molecule has 0 aliphatic heterocycles. The zero-order valence-corrected chi connectivity index (χ0v) is 20.3. The molecule has 0 aliphatic carbocycles. The van der Waals surface area contributed by atoms with Gasteiger partial charge in [-0.15, -0.1) is 0 Å². The number of carbonyl (C=O) groups excluding carboxylic acids is 1. The van der Waals surface area contributed by atoms with Gasteiger partial charge >= 0.3 is 5.97 Å². The van der Waals surface area contributed by atoms with Crippen molar-refractivity contribution in [2.75, 3.05) is 7.11 Å². The summed E-state index contributed by atoms with van der Waals surface area (Å²) in [5.41, 5.74) is 2.17. The summed E-state index contributed by atoms with van der Waals surface area (Å²) in [6, 6.07) is 23.8. The SMILES string of the molecule is COC(Cc1ccc(OC(C)CCC(C)Oc2ccc(C(=O)c3ccccc3)cc2)cc1)C(=O)O. The van der Waals surface area contributed by atoms with Crippen molar-refractivity contribution in [3.05, 3.63) is 95.6 Å². The van der Waals surface area contributed by atoms with E-state index in [4.69, 9.17) is 19.3 Å². The van der Waals surface area contributed by atoms with Gasteiger partial charge in [-0.3, -0.25) is 4.79 Å². The van der Waals surface area contributed by atoms with E-state index in [2.05, 4.69) is 0 Å². The number of carboxylic acids is 1. The number of aliphatic carboxylic acids is 1. The maximum Gasteiger partial charge on any atom is 0.333 e. The van der Waals surface area contributed by atoms with Gasteiger partial charge in [-0.25, -0.2) is 4.79 Å². The predicted molar refractivity (Wildman–Crippen MR) is 134 cm³/mol. The van der Waals surface area contributed by atoms with Crippen LogP contribution < -0.4 is 9.47 Å². The summed E-state index contributed by atoms with van der Waals surface area (Å²) < 4.78 is 17.0. The number of rotatable bonds is 13. The first-order chi connectivity index (χ1) is 16.9. The lowest BCUT2D eigenvalue weighted by molar-refractivity contribution is -0.148. The summed E-state index contributed by atoms with van der Waals surface area (Å²) in [6.07, 6.45) is 1.03. The van der Waals surface area contributed by atoms with Gasteiger partial charge < -0.3 is 19.3 Å². The Morgan fingerprint density at radius 1 is 0.743 bits per heavy atom. The highest BCUT2D eigenvalue weighted by Crippen LogP contribution is 2.20. The molecule has 0 heterocycles. The van der Waals surface area contributed by atoms with Gasteiger partial charge in [0.2, 0.25) is 0 Å². The van der Waals surface area contributed by atoms with Gasteiger partial charge in [0, 0.05) is 24.7 Å². The van der Waals surface area contributed by atoms with Crippen molar-refractivity contribution in [1.82, 2.24) is 0 Å². The van der Waals surface area contributed by atoms with Gasteiger partial charge in [-0.1, -0.05) is 42.5 Å². The van der Waals surface area contributed by atoms with E-state index in [1.807, 2.05) is 80.6 Å². The first-order valence-corrected chi connectivity index (χ1v) is 11.7. The molecule has 184 valence electrons. The van der Waals surface area contributed by atoms with Gasteiger partial charge in [0.05, 0.1) is 12.2 Å². The van der Waals surface area contributed by atoms with Crippen LogP contribution in [0.4, 0.5) is 0 Å². The van der Waals surface area contributed by atoms with Crippen molar-refractivity contribution in [3.8, 4) is 11.5 Å². The molecule has 6 nitrogen and oxygen atoms in total. The largest absolute Gasteiger partial charge is 0.491 e. The summed E-state index contributed by atoms with van der Waals surface area (Å²) in [7, 11) is 1.39. The van der Waals surface area contributed by atoms with Crippen molar-refractivity contribution >= 4 is 11.8 Å². The molecule has 3 unspecified atom stereocenters. The molecule has 0 radical (unpaired) electrons. The van der Waals surface area contributed by atoms with Crippen LogP contribution in [0, 0.1) is 0 Å². The van der Waals surface area contributed by atoms with E-state index in [0.717, 1.165) is 29.9 Å². The minimum atomic E-state index is -0.977. The van der Waals surface area contributed by atoms with E-state index in [9.17, 15) is 9.59 Å². The fourth-order valence-corrected chi connectivity index (χ4v) is 3.68. The molecule has 0 bridgehead atoms. The molecular weight excluding hydrogens is 444 g/mol. The molecule has 3 aromatic carbocycles. The molecule has 35 heavy (non-hydrogen) atoms. The molecule has 0 saturated heterocycles. The number of hydrogen-bond donors (Lipinski definition) is 1. The Morgan fingerprint density at radius 2 is 1.23 bits per heavy atom. The highest BCUT2D eigenvalue weighted by molar-refractivity contribution is 6.08. The van der Waals surface area contributed by atoms with Crippen LogP contribution in [-0.2, 0) is 16.0 Å². The van der Waals surface area contributed by atoms with Gasteiger partial charge in [0.15, 0.2) is 11.9 Å². The number of carboxylic acid groups (broad SMARTS) is 1. The maximum absolute atomic E-state index is 12.5. The standard InChI is InChI=1S/C29H32O6/c1-20(34-25-15-11-22(12-16-25)19-27(33-3)29(31)32)9-10-21(2)35-26-17-13-24(14-18-26)28(30)23-7-5-4-6-8-23/h4-8,11-18,20-21,27H,9-10,19H2,1-3H3,(H,31,32). The second-order valence-corrected chi connectivity index (χ2v) is 8.56. The molecule has 0 spiro atoms. The minimum Gasteiger partial charge on any atom is -0.491 e. The average molecular weight is 477 g/mol. The molecule has 6 heteroatoms. The summed E-state index contributed by atoms with van der Waals surface area (Å²) in [4.78, 5) is 23.6. The number of carbonyl (C=O) groups is 2. The zero-order valence-electron chi connectivity index (χ0n) is 20.3. The van der Waals surface area contributed by atoms with Crippen LogP contribution in [0.5, 0.6) is 11.5 Å². The van der Waals surface area contributed by atoms with E-state index in [0.29, 0.717) is 17.5 Å². The minimum absolute atomic E-state index is 0.00963. The molecule has 1 N–H and O–H groups in total.